The Balaban J connectivity index is 0.000000784. The van der Waals surface area contributed by atoms with Gasteiger partial charge in [0.25, 0.3) is 5.91 Å². The number of aromatic amines is 1. The van der Waals surface area contributed by atoms with Gasteiger partial charge in [0.1, 0.15) is 6.33 Å². The van der Waals surface area contributed by atoms with Crippen molar-refractivity contribution in [3.63, 3.8) is 0 Å². The SMILES string of the molecule is [CH2-]C.[CH2-]c1ccc(NC(=O)c2n[nH]c3c2-c2ncncc2CC3)cc1.[W+2]. The van der Waals surface area contributed by atoms with Gasteiger partial charge in [-0.25, -0.2) is 9.97 Å². The van der Waals surface area contributed by atoms with Crippen LogP contribution in [0.4, 0.5) is 5.69 Å². The van der Waals surface area contributed by atoms with Gasteiger partial charge in [-0.2, -0.15) is 36.6 Å². The van der Waals surface area contributed by atoms with Crippen molar-refractivity contribution in [2.24, 2.45) is 0 Å². The molecular weight excluding hydrogens is 498 g/mol. The van der Waals surface area contributed by atoms with Crippen molar-refractivity contribution in [2.75, 3.05) is 5.32 Å². The Bertz CT molecular complexity index is 889. The quantitative estimate of drug-likeness (QED) is 0.512. The van der Waals surface area contributed by atoms with Crippen molar-refractivity contribution in [1.82, 2.24) is 20.2 Å². The molecule has 2 heterocycles. The Morgan fingerprint density at radius 2 is 1.92 bits per heavy atom. The summed E-state index contributed by atoms with van der Waals surface area (Å²) in [4.78, 5) is 21.0. The number of hydrogen-bond acceptors (Lipinski definition) is 4. The van der Waals surface area contributed by atoms with Crippen LogP contribution in [0.2, 0.25) is 0 Å². The van der Waals surface area contributed by atoms with Gasteiger partial charge in [0, 0.05) is 17.6 Å². The normalized spacial score (nSPS) is 11.2. The molecule has 0 fully saturated rings. The van der Waals surface area contributed by atoms with Crippen LogP contribution in [0.5, 0.6) is 0 Å². The standard InChI is InChI=1S/C17H14N5O.C2H5.W/c1-10-2-5-12(6-3-10)20-17(23)16-14-13(21-22-16)7-4-11-8-18-9-19-15(11)14;1-2;/h2-3,5-6,8-9H,1,4,7H2,(H,20,23)(H,21,22);1H2,2H3;/q2*-1;+2. The number of hydrogen-bond donors (Lipinski definition) is 2. The fourth-order valence-electron chi connectivity index (χ4n) is 2.78. The summed E-state index contributed by atoms with van der Waals surface area (Å²) in [5.41, 5.74) is 5.50. The van der Waals surface area contributed by atoms with E-state index in [1.807, 2.05) is 24.3 Å². The minimum atomic E-state index is -0.259. The molecule has 0 saturated heterocycles. The number of carbonyl (C=O) groups excluding carboxylic acids is 1. The summed E-state index contributed by atoms with van der Waals surface area (Å²) in [7, 11) is 0. The van der Waals surface area contributed by atoms with E-state index in [4.69, 9.17) is 0 Å². The van der Waals surface area contributed by atoms with Crippen LogP contribution < -0.4 is 5.32 Å². The summed E-state index contributed by atoms with van der Waals surface area (Å²) in [5, 5.41) is 10.0. The zero-order valence-corrected chi connectivity index (χ0v) is 17.4. The number of nitrogens with one attached hydrogen (secondary N) is 2. The maximum atomic E-state index is 12.6. The van der Waals surface area contributed by atoms with Crippen LogP contribution in [-0.4, -0.2) is 26.1 Å². The fourth-order valence-corrected chi connectivity index (χ4v) is 2.78. The molecule has 0 bridgehead atoms. The predicted octanol–water partition coefficient (Wildman–Crippen LogP) is 3.24. The molecular formula is C19H19N5OW. The molecule has 4 rings (SSSR count). The first-order chi connectivity index (χ1) is 12.2. The van der Waals surface area contributed by atoms with Crippen LogP contribution in [0, 0.1) is 13.8 Å². The van der Waals surface area contributed by atoms with Crippen molar-refractivity contribution < 1.29 is 25.9 Å². The molecule has 2 N–H and O–H groups in total. The number of aryl methyl sites for hydroxylation is 2. The first kappa shape index (κ1) is 19.9. The number of anilines is 1. The number of aromatic nitrogens is 4. The Morgan fingerprint density at radius 1 is 1.19 bits per heavy atom. The Hall–Kier alpha value is -2.46. The maximum Gasteiger partial charge on any atom is 2.00 e. The molecule has 6 nitrogen and oxygen atoms in total. The zero-order valence-electron chi connectivity index (χ0n) is 14.5. The van der Waals surface area contributed by atoms with Crippen LogP contribution in [-0.2, 0) is 33.9 Å². The number of rotatable bonds is 2. The summed E-state index contributed by atoms with van der Waals surface area (Å²) in [6.07, 6.45) is 4.94. The summed E-state index contributed by atoms with van der Waals surface area (Å²) in [6.45, 7) is 8.83. The van der Waals surface area contributed by atoms with E-state index >= 15 is 0 Å². The van der Waals surface area contributed by atoms with E-state index in [0.29, 0.717) is 11.4 Å². The number of fused-ring (bicyclic) bond motifs is 3. The molecule has 1 aliphatic rings. The summed E-state index contributed by atoms with van der Waals surface area (Å²) in [5.74, 6) is -0.259. The van der Waals surface area contributed by atoms with Gasteiger partial charge in [0.05, 0.1) is 11.3 Å². The topological polar surface area (TPSA) is 83.6 Å². The van der Waals surface area contributed by atoms with Crippen molar-refractivity contribution in [3.8, 4) is 11.3 Å². The van der Waals surface area contributed by atoms with Crippen LogP contribution in [0.25, 0.3) is 11.3 Å². The monoisotopic (exact) mass is 517 g/mol. The molecule has 0 unspecified atom stereocenters. The molecule has 0 spiro atoms. The van der Waals surface area contributed by atoms with E-state index in [1.54, 1.807) is 13.1 Å². The second-order valence-electron chi connectivity index (χ2n) is 5.47. The third-order valence-electron chi connectivity index (χ3n) is 3.94. The van der Waals surface area contributed by atoms with E-state index in [9.17, 15) is 4.79 Å². The molecule has 3 aromatic rings. The predicted molar refractivity (Wildman–Crippen MR) is 96.9 cm³/mol. The molecule has 1 aliphatic carbocycles. The van der Waals surface area contributed by atoms with Gasteiger partial charge < -0.3 is 12.2 Å². The Kier molecular flexibility index (Phi) is 6.69. The zero-order chi connectivity index (χ0) is 17.8. The number of H-pyrrole nitrogens is 1. The van der Waals surface area contributed by atoms with Gasteiger partial charge in [0.15, 0.2) is 5.69 Å². The summed E-state index contributed by atoms with van der Waals surface area (Å²) >= 11 is 0. The minimum Gasteiger partial charge on any atom is -0.346 e. The van der Waals surface area contributed by atoms with Gasteiger partial charge in [-0.1, -0.05) is 12.1 Å². The largest absolute Gasteiger partial charge is 2.00 e. The summed E-state index contributed by atoms with van der Waals surface area (Å²) in [6, 6.07) is 7.32. The molecule has 0 aliphatic heterocycles. The van der Waals surface area contributed by atoms with E-state index < -0.39 is 0 Å². The average Bonchev–Trinajstić information content (AvgIpc) is 3.10. The number of benzene rings is 1. The molecule has 132 valence electrons. The second kappa shape index (κ2) is 8.76. The molecule has 26 heavy (non-hydrogen) atoms. The Morgan fingerprint density at radius 3 is 2.65 bits per heavy atom. The van der Waals surface area contributed by atoms with Crippen LogP contribution in [0.3, 0.4) is 0 Å². The first-order valence-corrected chi connectivity index (χ1v) is 8.03. The third-order valence-corrected chi connectivity index (χ3v) is 3.94. The van der Waals surface area contributed by atoms with Crippen LogP contribution >= 0.6 is 0 Å². The van der Waals surface area contributed by atoms with Gasteiger partial charge in [-0.15, -0.1) is 0 Å². The van der Waals surface area contributed by atoms with Gasteiger partial charge in [0.2, 0.25) is 0 Å². The van der Waals surface area contributed by atoms with E-state index in [-0.39, 0.29) is 27.0 Å². The first-order valence-electron chi connectivity index (χ1n) is 8.03. The van der Waals surface area contributed by atoms with Gasteiger partial charge in [-0.05, 0) is 18.4 Å². The van der Waals surface area contributed by atoms with Crippen LogP contribution in [0.15, 0.2) is 36.8 Å². The molecule has 2 aromatic heterocycles. The van der Waals surface area contributed by atoms with Crippen molar-refractivity contribution >= 4 is 11.6 Å². The van der Waals surface area contributed by atoms with E-state index in [1.165, 1.54) is 6.33 Å². The smallest absolute Gasteiger partial charge is 0.346 e. The molecule has 0 radical (unpaired) electrons. The van der Waals surface area contributed by atoms with E-state index in [2.05, 4.69) is 39.3 Å². The molecule has 1 aromatic carbocycles. The number of amides is 1. The number of carbonyl (C=O) groups is 1. The molecule has 1 amide bonds. The third kappa shape index (κ3) is 3.86. The average molecular weight is 517 g/mol. The molecule has 7 heteroatoms. The van der Waals surface area contributed by atoms with Crippen molar-refractivity contribution in [1.29, 1.82) is 0 Å². The van der Waals surface area contributed by atoms with Crippen LogP contribution in [0.1, 0.15) is 34.2 Å². The second-order valence-corrected chi connectivity index (χ2v) is 5.47. The molecule has 0 atom stereocenters. The van der Waals surface area contributed by atoms with Crippen molar-refractivity contribution in [3.05, 3.63) is 73.2 Å². The minimum absolute atomic E-state index is 0. The molecule has 0 saturated carbocycles. The number of nitrogens with zero attached hydrogens (tertiary/aromatic N) is 3. The maximum absolute atomic E-state index is 12.6. The fraction of sp³-hybridized carbons (Fsp3) is 0.158. The van der Waals surface area contributed by atoms with Gasteiger partial charge in [-0.3, -0.25) is 9.89 Å². The van der Waals surface area contributed by atoms with Gasteiger partial charge >= 0.3 is 21.1 Å². The summed E-state index contributed by atoms with van der Waals surface area (Å²) < 4.78 is 0. The van der Waals surface area contributed by atoms with E-state index in [0.717, 1.165) is 40.9 Å². The van der Waals surface area contributed by atoms with Crippen molar-refractivity contribution in [2.45, 2.75) is 19.8 Å². The Labute approximate surface area is 167 Å².